The van der Waals surface area contributed by atoms with Crippen molar-refractivity contribution in [2.45, 2.75) is 18.4 Å². The molecular weight excluding hydrogens is 364 g/mol. The van der Waals surface area contributed by atoms with Crippen molar-refractivity contribution in [3.05, 3.63) is 88.8 Å². The minimum Gasteiger partial charge on any atom is -0.494 e. The molecule has 0 bridgehead atoms. The Morgan fingerprint density at radius 3 is 2.30 bits per heavy atom. The van der Waals surface area contributed by atoms with Crippen LogP contribution in [0.3, 0.4) is 0 Å². The van der Waals surface area contributed by atoms with E-state index in [2.05, 4.69) is 4.72 Å². The van der Waals surface area contributed by atoms with Crippen LogP contribution in [0.2, 0.25) is 0 Å². The molecule has 6 nitrogen and oxygen atoms in total. The van der Waals surface area contributed by atoms with Crippen LogP contribution in [0.25, 0.3) is 0 Å². The Morgan fingerprint density at radius 1 is 0.963 bits per heavy atom. The van der Waals surface area contributed by atoms with Gasteiger partial charge in [-0.25, -0.2) is 8.42 Å². The van der Waals surface area contributed by atoms with Gasteiger partial charge in [0.1, 0.15) is 5.75 Å². The van der Waals surface area contributed by atoms with Gasteiger partial charge in [-0.15, -0.1) is 0 Å². The van der Waals surface area contributed by atoms with Gasteiger partial charge in [0.15, 0.2) is 0 Å². The van der Waals surface area contributed by atoms with Gasteiger partial charge in [-0.2, -0.15) is 0 Å². The van der Waals surface area contributed by atoms with Crippen LogP contribution in [-0.2, 0) is 16.6 Å². The molecule has 1 heterocycles. The van der Waals surface area contributed by atoms with E-state index in [9.17, 15) is 13.2 Å². The van der Waals surface area contributed by atoms with E-state index in [1.807, 2.05) is 6.92 Å². The van der Waals surface area contributed by atoms with Gasteiger partial charge in [-0.05, 0) is 55.0 Å². The molecule has 1 aromatic heterocycles. The number of nitrogens with zero attached hydrogens (tertiary/aromatic N) is 1. The number of rotatable bonds is 7. The van der Waals surface area contributed by atoms with E-state index in [4.69, 9.17) is 4.74 Å². The first-order valence-corrected chi connectivity index (χ1v) is 9.96. The van der Waals surface area contributed by atoms with Crippen LogP contribution >= 0.6 is 0 Å². The van der Waals surface area contributed by atoms with Gasteiger partial charge in [0.2, 0.25) is 0 Å². The fraction of sp³-hybridized carbons (Fsp3) is 0.150. The van der Waals surface area contributed by atoms with Crippen LogP contribution in [0.5, 0.6) is 5.75 Å². The number of aromatic nitrogens is 1. The third kappa shape index (κ3) is 4.77. The first-order chi connectivity index (χ1) is 13.0. The molecule has 0 atom stereocenters. The highest BCUT2D eigenvalue weighted by molar-refractivity contribution is 7.92. The van der Waals surface area contributed by atoms with Gasteiger partial charge in [-0.1, -0.05) is 18.2 Å². The minimum absolute atomic E-state index is 0.0854. The SMILES string of the molecule is CCOc1ccc(S(=O)(=O)Nc2ccc(Cn3ccccc3=O)cc2)cc1. The first-order valence-electron chi connectivity index (χ1n) is 8.48. The number of nitrogens with one attached hydrogen (secondary N) is 1. The van der Waals surface area contributed by atoms with Crippen LogP contribution in [-0.4, -0.2) is 19.6 Å². The molecule has 7 heteroatoms. The molecular formula is C20H20N2O4S. The third-order valence-corrected chi connectivity index (χ3v) is 5.30. The summed E-state index contributed by atoms with van der Waals surface area (Å²) in [7, 11) is -3.68. The van der Waals surface area contributed by atoms with Crippen molar-refractivity contribution >= 4 is 15.7 Å². The zero-order valence-corrected chi connectivity index (χ0v) is 15.6. The van der Waals surface area contributed by atoms with Gasteiger partial charge in [0.25, 0.3) is 15.6 Å². The average molecular weight is 384 g/mol. The zero-order chi connectivity index (χ0) is 19.3. The molecule has 0 aliphatic heterocycles. The standard InChI is InChI=1S/C20H20N2O4S/c1-2-26-18-10-12-19(13-11-18)27(24,25)21-17-8-6-16(7-9-17)15-22-14-4-3-5-20(22)23/h3-14,21H,2,15H2,1H3. The van der Waals surface area contributed by atoms with Gasteiger partial charge in [-0.3, -0.25) is 9.52 Å². The Balaban J connectivity index is 1.71. The maximum Gasteiger partial charge on any atom is 0.261 e. The molecule has 0 saturated heterocycles. The van der Waals surface area contributed by atoms with Crippen LogP contribution in [0.1, 0.15) is 12.5 Å². The second-order valence-corrected chi connectivity index (χ2v) is 7.56. The van der Waals surface area contributed by atoms with Crippen molar-refractivity contribution in [1.29, 1.82) is 0 Å². The number of hydrogen-bond donors (Lipinski definition) is 1. The van der Waals surface area contributed by atoms with E-state index in [1.54, 1.807) is 59.3 Å². The van der Waals surface area contributed by atoms with Crippen molar-refractivity contribution in [2.24, 2.45) is 0 Å². The summed E-state index contributed by atoms with van der Waals surface area (Å²) in [6, 6.07) is 18.2. The number of sulfonamides is 1. The number of ether oxygens (including phenoxy) is 1. The Morgan fingerprint density at radius 2 is 1.67 bits per heavy atom. The summed E-state index contributed by atoms with van der Waals surface area (Å²) >= 11 is 0. The summed E-state index contributed by atoms with van der Waals surface area (Å²) in [6.07, 6.45) is 1.71. The fourth-order valence-corrected chi connectivity index (χ4v) is 3.62. The summed E-state index contributed by atoms with van der Waals surface area (Å²) in [5.41, 5.74) is 1.26. The van der Waals surface area contributed by atoms with Gasteiger partial charge < -0.3 is 9.30 Å². The predicted octanol–water partition coefficient (Wildman–Crippen LogP) is 3.10. The molecule has 0 spiro atoms. The normalized spacial score (nSPS) is 11.1. The lowest BCUT2D eigenvalue weighted by atomic mass is 10.2. The number of pyridine rings is 1. The number of hydrogen-bond acceptors (Lipinski definition) is 4. The first kappa shape index (κ1) is 18.7. The lowest BCUT2D eigenvalue weighted by molar-refractivity contribution is 0.340. The summed E-state index contributed by atoms with van der Waals surface area (Å²) in [5, 5.41) is 0. The van der Waals surface area contributed by atoms with Crippen LogP contribution in [0, 0.1) is 0 Å². The highest BCUT2D eigenvalue weighted by Gasteiger charge is 2.14. The van der Waals surface area contributed by atoms with Crippen molar-refractivity contribution in [3.63, 3.8) is 0 Å². The molecule has 3 rings (SSSR count). The largest absolute Gasteiger partial charge is 0.494 e. The van der Waals surface area contributed by atoms with Crippen LogP contribution < -0.4 is 15.0 Å². The Labute approximate surface area is 158 Å². The highest BCUT2D eigenvalue weighted by Crippen LogP contribution is 2.20. The van der Waals surface area contributed by atoms with Crippen molar-refractivity contribution in [2.75, 3.05) is 11.3 Å². The predicted molar refractivity (Wildman–Crippen MR) is 105 cm³/mol. The second kappa shape index (κ2) is 8.09. The molecule has 0 amide bonds. The Bertz CT molecular complexity index is 1060. The molecule has 0 aliphatic carbocycles. The third-order valence-electron chi connectivity index (χ3n) is 3.90. The van der Waals surface area contributed by atoms with Crippen LogP contribution in [0.15, 0.2) is 82.6 Å². The average Bonchev–Trinajstić information content (AvgIpc) is 2.66. The molecule has 1 N–H and O–H groups in total. The Kier molecular flexibility index (Phi) is 5.61. The summed E-state index contributed by atoms with van der Waals surface area (Å²) in [4.78, 5) is 11.9. The number of anilines is 1. The lowest BCUT2D eigenvalue weighted by Crippen LogP contribution is -2.18. The summed E-state index contributed by atoms with van der Waals surface area (Å²) in [5.74, 6) is 0.622. The smallest absolute Gasteiger partial charge is 0.261 e. The van der Waals surface area contributed by atoms with E-state index < -0.39 is 10.0 Å². The monoisotopic (exact) mass is 384 g/mol. The fourth-order valence-electron chi connectivity index (χ4n) is 2.56. The molecule has 2 aromatic carbocycles. The minimum atomic E-state index is -3.68. The van der Waals surface area contributed by atoms with Gasteiger partial charge >= 0.3 is 0 Å². The molecule has 0 aliphatic rings. The van der Waals surface area contributed by atoms with Crippen LogP contribution in [0.4, 0.5) is 5.69 Å². The van der Waals surface area contributed by atoms with E-state index in [1.165, 1.54) is 18.2 Å². The van der Waals surface area contributed by atoms with E-state index in [0.717, 1.165) is 5.56 Å². The van der Waals surface area contributed by atoms with E-state index in [0.29, 0.717) is 24.6 Å². The summed E-state index contributed by atoms with van der Waals surface area (Å²) < 4.78 is 34.4. The second-order valence-electron chi connectivity index (χ2n) is 5.87. The van der Waals surface area contributed by atoms with Gasteiger partial charge in [0.05, 0.1) is 18.0 Å². The van der Waals surface area contributed by atoms with E-state index >= 15 is 0 Å². The summed E-state index contributed by atoms with van der Waals surface area (Å²) in [6.45, 7) is 2.81. The zero-order valence-electron chi connectivity index (χ0n) is 14.8. The lowest BCUT2D eigenvalue weighted by Gasteiger charge is -2.10. The molecule has 3 aromatic rings. The molecule has 27 heavy (non-hydrogen) atoms. The van der Waals surface area contributed by atoms with Crippen molar-refractivity contribution in [3.8, 4) is 5.75 Å². The quantitative estimate of drug-likeness (QED) is 0.679. The molecule has 0 fully saturated rings. The van der Waals surface area contributed by atoms with Gasteiger partial charge in [0, 0.05) is 18.0 Å². The van der Waals surface area contributed by atoms with E-state index in [-0.39, 0.29) is 10.5 Å². The maximum absolute atomic E-state index is 12.5. The van der Waals surface area contributed by atoms with Crippen molar-refractivity contribution in [1.82, 2.24) is 4.57 Å². The molecule has 0 radical (unpaired) electrons. The topological polar surface area (TPSA) is 77.4 Å². The highest BCUT2D eigenvalue weighted by atomic mass is 32.2. The number of benzene rings is 2. The Hall–Kier alpha value is -3.06. The molecule has 140 valence electrons. The molecule has 0 unspecified atom stereocenters. The van der Waals surface area contributed by atoms with Crippen molar-refractivity contribution < 1.29 is 13.2 Å². The molecule has 0 saturated carbocycles. The maximum atomic E-state index is 12.5.